The fourth-order valence-electron chi connectivity index (χ4n) is 1.85. The van der Waals surface area contributed by atoms with Crippen LogP contribution in [-0.2, 0) is 9.53 Å². The zero-order chi connectivity index (χ0) is 15.4. The summed E-state index contributed by atoms with van der Waals surface area (Å²) >= 11 is 12.0. The van der Waals surface area contributed by atoms with Crippen molar-refractivity contribution >= 4 is 34.9 Å². The second-order valence-electron chi connectivity index (χ2n) is 4.25. The number of anilines is 1. The molecule has 0 aliphatic carbocycles. The molecule has 1 N–H and O–H groups in total. The van der Waals surface area contributed by atoms with Crippen LogP contribution in [0.2, 0.25) is 10.0 Å². The summed E-state index contributed by atoms with van der Waals surface area (Å²) in [6.07, 6.45) is 0. The molecule has 6 heteroatoms. The molecule has 0 spiro atoms. The van der Waals surface area contributed by atoms with Gasteiger partial charge in [0, 0.05) is 15.6 Å². The zero-order valence-corrected chi connectivity index (χ0v) is 12.6. The van der Waals surface area contributed by atoms with Gasteiger partial charge in [0.1, 0.15) is 5.82 Å². The van der Waals surface area contributed by atoms with Crippen molar-refractivity contribution < 1.29 is 13.9 Å². The van der Waals surface area contributed by atoms with Crippen LogP contribution < -0.4 is 5.32 Å². The zero-order valence-electron chi connectivity index (χ0n) is 11.1. The van der Waals surface area contributed by atoms with Crippen molar-refractivity contribution in [2.75, 3.05) is 12.4 Å². The van der Waals surface area contributed by atoms with Gasteiger partial charge in [-0.05, 0) is 30.3 Å². The number of esters is 1. The van der Waals surface area contributed by atoms with Crippen molar-refractivity contribution in [2.45, 2.75) is 6.04 Å². The van der Waals surface area contributed by atoms with Gasteiger partial charge in [-0.1, -0.05) is 35.3 Å². The lowest BCUT2D eigenvalue weighted by Crippen LogP contribution is -2.23. The molecule has 21 heavy (non-hydrogen) atoms. The predicted molar refractivity (Wildman–Crippen MR) is 81.2 cm³/mol. The lowest BCUT2D eigenvalue weighted by Gasteiger charge is -2.19. The Kier molecular flexibility index (Phi) is 5.04. The van der Waals surface area contributed by atoms with Gasteiger partial charge in [-0.25, -0.2) is 9.18 Å². The summed E-state index contributed by atoms with van der Waals surface area (Å²) in [5.74, 6) is -1.08. The topological polar surface area (TPSA) is 38.3 Å². The Morgan fingerprint density at radius 3 is 2.62 bits per heavy atom. The number of nitrogens with one attached hydrogen (secondary N) is 1. The average molecular weight is 328 g/mol. The summed E-state index contributed by atoms with van der Waals surface area (Å²) in [6.45, 7) is 0. The van der Waals surface area contributed by atoms with E-state index in [-0.39, 0.29) is 5.69 Å². The molecule has 0 aliphatic rings. The third-order valence-corrected chi connectivity index (χ3v) is 3.46. The predicted octanol–water partition coefficient (Wildman–Crippen LogP) is 4.46. The van der Waals surface area contributed by atoms with Crippen LogP contribution in [0.15, 0.2) is 42.5 Å². The van der Waals surface area contributed by atoms with E-state index in [0.29, 0.717) is 15.6 Å². The molecular formula is C15H12Cl2FNO2. The molecule has 1 atom stereocenters. The van der Waals surface area contributed by atoms with Gasteiger partial charge in [0.05, 0.1) is 12.8 Å². The molecule has 110 valence electrons. The smallest absolute Gasteiger partial charge is 0.333 e. The summed E-state index contributed by atoms with van der Waals surface area (Å²) in [4.78, 5) is 12.0. The van der Waals surface area contributed by atoms with E-state index in [1.165, 1.54) is 19.2 Å². The number of methoxy groups -OCH3 is 1. The van der Waals surface area contributed by atoms with Gasteiger partial charge >= 0.3 is 5.97 Å². The normalized spacial score (nSPS) is 11.8. The number of rotatable bonds is 4. The van der Waals surface area contributed by atoms with Crippen molar-refractivity contribution in [3.63, 3.8) is 0 Å². The van der Waals surface area contributed by atoms with E-state index in [2.05, 4.69) is 5.32 Å². The molecule has 0 radical (unpaired) electrons. The number of halogens is 3. The van der Waals surface area contributed by atoms with Crippen LogP contribution in [0.3, 0.4) is 0 Å². The van der Waals surface area contributed by atoms with Crippen LogP contribution in [-0.4, -0.2) is 13.1 Å². The molecule has 3 nitrogen and oxygen atoms in total. The Hall–Kier alpha value is -1.78. The minimum absolute atomic E-state index is 0.170. The molecule has 0 aliphatic heterocycles. The summed E-state index contributed by atoms with van der Waals surface area (Å²) in [6, 6.07) is 9.76. The van der Waals surface area contributed by atoms with E-state index in [4.69, 9.17) is 27.9 Å². The van der Waals surface area contributed by atoms with E-state index in [1.807, 2.05) is 0 Å². The summed E-state index contributed by atoms with van der Waals surface area (Å²) in [5, 5.41) is 3.54. The van der Waals surface area contributed by atoms with E-state index in [1.54, 1.807) is 30.3 Å². The van der Waals surface area contributed by atoms with Gasteiger partial charge in [-0.3, -0.25) is 0 Å². The third-order valence-electron chi connectivity index (χ3n) is 2.88. The molecule has 0 amide bonds. The molecule has 2 aromatic rings. The van der Waals surface area contributed by atoms with Crippen molar-refractivity contribution in [2.24, 2.45) is 0 Å². The lowest BCUT2D eigenvalue weighted by atomic mass is 10.1. The molecular weight excluding hydrogens is 316 g/mol. The van der Waals surface area contributed by atoms with E-state index in [0.717, 1.165) is 0 Å². The highest BCUT2D eigenvalue weighted by Crippen LogP contribution is 2.30. The van der Waals surface area contributed by atoms with Gasteiger partial charge in [0.25, 0.3) is 0 Å². The Morgan fingerprint density at radius 1 is 1.24 bits per heavy atom. The van der Waals surface area contributed by atoms with Crippen molar-refractivity contribution in [3.05, 3.63) is 63.9 Å². The van der Waals surface area contributed by atoms with E-state index < -0.39 is 17.8 Å². The first kappa shape index (κ1) is 15.6. The third kappa shape index (κ3) is 3.65. The van der Waals surface area contributed by atoms with Gasteiger partial charge < -0.3 is 10.1 Å². The molecule has 0 heterocycles. The Balaban J connectivity index is 2.42. The maximum atomic E-state index is 13.7. The quantitative estimate of drug-likeness (QED) is 0.842. The number of hydrogen-bond donors (Lipinski definition) is 1. The van der Waals surface area contributed by atoms with Crippen LogP contribution in [0.4, 0.5) is 10.1 Å². The second kappa shape index (κ2) is 6.78. The van der Waals surface area contributed by atoms with Crippen LogP contribution in [0, 0.1) is 5.82 Å². The molecule has 0 bridgehead atoms. The molecule has 0 fully saturated rings. The molecule has 0 aromatic heterocycles. The minimum atomic E-state index is -0.960. The van der Waals surface area contributed by atoms with Crippen LogP contribution in [0.1, 0.15) is 11.6 Å². The fourth-order valence-corrected chi connectivity index (χ4v) is 2.26. The number of hydrogen-bond acceptors (Lipinski definition) is 3. The fraction of sp³-hybridized carbons (Fsp3) is 0.133. The van der Waals surface area contributed by atoms with E-state index >= 15 is 0 Å². The first-order valence-electron chi connectivity index (χ1n) is 6.06. The standard InChI is InChI=1S/C15H12Cl2FNO2/c1-21-15(20)14(10-8-9(16)6-7-11(10)17)19-13-5-3-2-4-12(13)18/h2-8,14,19H,1H3. The number of para-hydroxylation sites is 1. The highest BCUT2D eigenvalue weighted by atomic mass is 35.5. The second-order valence-corrected chi connectivity index (χ2v) is 5.09. The maximum Gasteiger partial charge on any atom is 0.333 e. The van der Waals surface area contributed by atoms with Crippen LogP contribution in [0.25, 0.3) is 0 Å². The summed E-state index contributed by atoms with van der Waals surface area (Å²) in [7, 11) is 1.25. The van der Waals surface area contributed by atoms with Gasteiger partial charge in [0.15, 0.2) is 6.04 Å². The maximum absolute atomic E-state index is 13.7. The Bertz CT molecular complexity index is 664. The monoisotopic (exact) mass is 327 g/mol. The largest absolute Gasteiger partial charge is 0.467 e. The van der Waals surface area contributed by atoms with Crippen molar-refractivity contribution in [1.82, 2.24) is 0 Å². The van der Waals surface area contributed by atoms with Gasteiger partial charge in [-0.2, -0.15) is 0 Å². The summed E-state index contributed by atoms with van der Waals surface area (Å²) in [5.41, 5.74) is 0.586. The van der Waals surface area contributed by atoms with Gasteiger partial charge in [-0.15, -0.1) is 0 Å². The first-order chi connectivity index (χ1) is 10.0. The number of carbonyl (C=O) groups is 1. The Morgan fingerprint density at radius 2 is 1.95 bits per heavy atom. The van der Waals surface area contributed by atoms with Crippen molar-refractivity contribution in [1.29, 1.82) is 0 Å². The van der Waals surface area contributed by atoms with Crippen molar-refractivity contribution in [3.8, 4) is 0 Å². The van der Waals surface area contributed by atoms with E-state index in [9.17, 15) is 9.18 Å². The molecule has 2 aromatic carbocycles. The summed E-state index contributed by atoms with van der Waals surface area (Å²) < 4.78 is 18.5. The molecule has 0 saturated carbocycles. The molecule has 0 saturated heterocycles. The number of carbonyl (C=O) groups excluding carboxylic acids is 1. The SMILES string of the molecule is COC(=O)C(Nc1ccccc1F)c1cc(Cl)ccc1Cl. The number of ether oxygens (including phenoxy) is 1. The Labute approximate surface area is 131 Å². The van der Waals surface area contributed by atoms with Crippen LogP contribution >= 0.6 is 23.2 Å². The minimum Gasteiger partial charge on any atom is -0.467 e. The molecule has 1 unspecified atom stereocenters. The first-order valence-corrected chi connectivity index (χ1v) is 6.82. The lowest BCUT2D eigenvalue weighted by molar-refractivity contribution is -0.141. The highest BCUT2D eigenvalue weighted by Gasteiger charge is 2.25. The average Bonchev–Trinajstić information content (AvgIpc) is 2.48. The van der Waals surface area contributed by atoms with Crippen LogP contribution in [0.5, 0.6) is 0 Å². The highest BCUT2D eigenvalue weighted by molar-refractivity contribution is 6.33. The molecule has 2 rings (SSSR count). The number of benzene rings is 2. The van der Waals surface area contributed by atoms with Gasteiger partial charge in [0.2, 0.25) is 0 Å².